The molecule has 0 aliphatic carbocycles. The van der Waals surface area contributed by atoms with Gasteiger partial charge in [0, 0.05) is 45.0 Å². The van der Waals surface area contributed by atoms with Crippen molar-refractivity contribution in [3.8, 4) is 11.6 Å². The van der Waals surface area contributed by atoms with E-state index in [-0.39, 0.29) is 11.3 Å². The minimum atomic E-state index is 0.0761. The SMILES string of the molecule is COc1ccc(C(=O)N2CCC3(CCCCc4ccccc4OCCN(CC(C)C)C3)CC2)cn1. The van der Waals surface area contributed by atoms with Gasteiger partial charge in [-0.25, -0.2) is 4.98 Å². The van der Waals surface area contributed by atoms with Crippen LogP contribution in [0, 0.1) is 11.3 Å². The number of benzene rings is 1. The maximum atomic E-state index is 13.1. The maximum absolute atomic E-state index is 13.1. The molecular weight excluding hydrogens is 438 g/mol. The number of carbonyl (C=O) groups excluding carboxylic acids is 1. The van der Waals surface area contributed by atoms with E-state index in [1.54, 1.807) is 19.4 Å². The Balaban J connectivity index is 1.45. The van der Waals surface area contributed by atoms with Crippen LogP contribution >= 0.6 is 0 Å². The molecule has 0 unspecified atom stereocenters. The normalized spacial score (nSPS) is 19.4. The van der Waals surface area contributed by atoms with Crippen LogP contribution in [0.1, 0.15) is 61.9 Å². The molecular formula is C29H41N3O3. The van der Waals surface area contributed by atoms with E-state index in [0.717, 1.165) is 64.3 Å². The van der Waals surface area contributed by atoms with E-state index in [9.17, 15) is 4.79 Å². The van der Waals surface area contributed by atoms with Crippen molar-refractivity contribution in [2.45, 2.75) is 52.4 Å². The number of hydrogen-bond donors (Lipinski definition) is 0. The minimum Gasteiger partial charge on any atom is -0.492 e. The number of hydrogen-bond acceptors (Lipinski definition) is 5. The molecule has 0 saturated carbocycles. The lowest BCUT2D eigenvalue weighted by molar-refractivity contribution is 0.0354. The summed E-state index contributed by atoms with van der Waals surface area (Å²) in [4.78, 5) is 22.0. The highest BCUT2D eigenvalue weighted by molar-refractivity contribution is 5.94. The summed E-state index contributed by atoms with van der Waals surface area (Å²) >= 11 is 0. The maximum Gasteiger partial charge on any atom is 0.255 e. The summed E-state index contributed by atoms with van der Waals surface area (Å²) in [7, 11) is 1.59. The second-order valence-corrected chi connectivity index (χ2v) is 10.7. The number of para-hydroxylation sites is 1. The van der Waals surface area contributed by atoms with Crippen LogP contribution in [-0.2, 0) is 6.42 Å². The van der Waals surface area contributed by atoms with Crippen LogP contribution in [0.15, 0.2) is 42.6 Å². The van der Waals surface area contributed by atoms with Crippen molar-refractivity contribution < 1.29 is 14.3 Å². The smallest absolute Gasteiger partial charge is 0.255 e. The molecule has 1 aromatic heterocycles. The van der Waals surface area contributed by atoms with Crippen LogP contribution in [0.5, 0.6) is 11.6 Å². The van der Waals surface area contributed by atoms with E-state index in [0.29, 0.717) is 17.4 Å². The summed E-state index contributed by atoms with van der Waals surface area (Å²) in [5.41, 5.74) is 2.21. The third-order valence-corrected chi connectivity index (χ3v) is 7.53. The number of nitrogens with zero attached hydrogens (tertiary/aromatic N) is 3. The van der Waals surface area contributed by atoms with Crippen LogP contribution < -0.4 is 9.47 Å². The molecule has 0 radical (unpaired) electrons. The van der Waals surface area contributed by atoms with Gasteiger partial charge >= 0.3 is 0 Å². The van der Waals surface area contributed by atoms with Gasteiger partial charge in [0.25, 0.3) is 5.91 Å². The van der Waals surface area contributed by atoms with E-state index in [4.69, 9.17) is 9.47 Å². The predicted octanol–water partition coefficient (Wildman–Crippen LogP) is 5.08. The van der Waals surface area contributed by atoms with Crippen molar-refractivity contribution in [3.05, 3.63) is 53.7 Å². The summed E-state index contributed by atoms with van der Waals surface area (Å²) in [6.45, 7) is 10.0. The highest BCUT2D eigenvalue weighted by Gasteiger charge is 2.37. The number of piperidine rings is 1. The molecule has 3 heterocycles. The fraction of sp³-hybridized carbons (Fsp3) is 0.586. The van der Waals surface area contributed by atoms with Gasteiger partial charge < -0.3 is 14.4 Å². The molecule has 1 amide bonds. The average Bonchev–Trinajstić information content (AvgIpc) is 2.86. The lowest BCUT2D eigenvalue weighted by atomic mass is 9.73. The lowest BCUT2D eigenvalue weighted by Gasteiger charge is -2.45. The van der Waals surface area contributed by atoms with Crippen molar-refractivity contribution in [1.82, 2.24) is 14.8 Å². The molecule has 6 nitrogen and oxygen atoms in total. The molecule has 0 atom stereocenters. The number of amides is 1. The molecule has 1 saturated heterocycles. The van der Waals surface area contributed by atoms with Gasteiger partial charge in [-0.05, 0) is 61.1 Å². The van der Waals surface area contributed by atoms with E-state index in [1.165, 1.54) is 24.8 Å². The fourth-order valence-corrected chi connectivity index (χ4v) is 5.66. The molecule has 1 spiro atoms. The Labute approximate surface area is 210 Å². The largest absolute Gasteiger partial charge is 0.492 e. The van der Waals surface area contributed by atoms with E-state index < -0.39 is 0 Å². The van der Waals surface area contributed by atoms with Gasteiger partial charge in [0.05, 0.1) is 12.7 Å². The zero-order valence-electron chi connectivity index (χ0n) is 21.7. The Morgan fingerprint density at radius 1 is 1.09 bits per heavy atom. The summed E-state index contributed by atoms with van der Waals surface area (Å²) in [5.74, 6) is 2.26. The fourth-order valence-electron chi connectivity index (χ4n) is 5.66. The highest BCUT2D eigenvalue weighted by atomic mass is 16.5. The Bertz CT molecular complexity index is 952. The molecule has 2 aromatic rings. The van der Waals surface area contributed by atoms with Gasteiger partial charge in [-0.15, -0.1) is 0 Å². The Kier molecular flexibility index (Phi) is 8.66. The number of aromatic nitrogens is 1. The van der Waals surface area contributed by atoms with E-state index in [2.05, 4.69) is 48.0 Å². The van der Waals surface area contributed by atoms with Crippen LogP contribution in [0.2, 0.25) is 0 Å². The third-order valence-electron chi connectivity index (χ3n) is 7.53. The number of aryl methyl sites for hydroxylation is 1. The first-order valence-electron chi connectivity index (χ1n) is 13.2. The van der Waals surface area contributed by atoms with Crippen LogP contribution in [-0.4, -0.2) is 67.1 Å². The lowest BCUT2D eigenvalue weighted by Crippen LogP contribution is -2.49. The first-order chi connectivity index (χ1) is 17.0. The molecule has 1 fully saturated rings. The summed E-state index contributed by atoms with van der Waals surface area (Å²) < 4.78 is 11.4. The first kappa shape index (κ1) is 25.5. The standard InChI is InChI=1S/C29H41N3O3/c1-23(2)21-31-18-19-35-26-10-5-4-8-24(26)9-6-7-13-29(22-31)14-16-32(17-15-29)28(33)25-11-12-27(34-3)30-20-25/h4-5,8,10-12,20,23H,6-7,9,13-19,21-22H2,1-3H3. The van der Waals surface area contributed by atoms with Crippen molar-refractivity contribution >= 4 is 5.91 Å². The van der Waals surface area contributed by atoms with E-state index in [1.807, 2.05) is 11.0 Å². The monoisotopic (exact) mass is 479 g/mol. The zero-order valence-corrected chi connectivity index (χ0v) is 21.7. The Morgan fingerprint density at radius 2 is 1.89 bits per heavy atom. The van der Waals surface area contributed by atoms with Gasteiger partial charge in [0.2, 0.25) is 5.88 Å². The molecule has 0 N–H and O–H groups in total. The second-order valence-electron chi connectivity index (χ2n) is 10.7. The van der Waals surface area contributed by atoms with Crippen molar-refractivity contribution in [2.24, 2.45) is 11.3 Å². The van der Waals surface area contributed by atoms with Crippen LogP contribution in [0.4, 0.5) is 0 Å². The molecule has 6 heteroatoms. The number of carbonyl (C=O) groups is 1. The molecule has 1 aromatic carbocycles. The number of likely N-dealkylation sites (tertiary alicyclic amines) is 1. The highest BCUT2D eigenvalue weighted by Crippen LogP contribution is 2.39. The average molecular weight is 480 g/mol. The molecule has 35 heavy (non-hydrogen) atoms. The number of ether oxygens (including phenoxy) is 2. The van der Waals surface area contributed by atoms with Gasteiger partial charge in [-0.3, -0.25) is 9.69 Å². The quantitative estimate of drug-likeness (QED) is 0.612. The topological polar surface area (TPSA) is 54.9 Å². The van der Waals surface area contributed by atoms with Gasteiger partial charge in [0.15, 0.2) is 0 Å². The molecule has 2 aliphatic rings. The van der Waals surface area contributed by atoms with Crippen molar-refractivity contribution in [3.63, 3.8) is 0 Å². The molecule has 2 aliphatic heterocycles. The Morgan fingerprint density at radius 3 is 2.60 bits per heavy atom. The number of pyridine rings is 1. The molecule has 0 bridgehead atoms. The van der Waals surface area contributed by atoms with E-state index >= 15 is 0 Å². The second kappa shape index (κ2) is 11.9. The first-order valence-corrected chi connectivity index (χ1v) is 13.2. The zero-order chi connectivity index (χ0) is 24.7. The van der Waals surface area contributed by atoms with Crippen molar-refractivity contribution in [2.75, 3.05) is 46.4 Å². The minimum absolute atomic E-state index is 0.0761. The summed E-state index contributed by atoms with van der Waals surface area (Å²) in [6, 6.07) is 12.1. The molecule has 4 rings (SSSR count). The van der Waals surface area contributed by atoms with Gasteiger partial charge in [-0.1, -0.05) is 38.5 Å². The number of methoxy groups -OCH3 is 1. The molecule has 190 valence electrons. The van der Waals surface area contributed by atoms with Gasteiger partial charge in [-0.2, -0.15) is 0 Å². The predicted molar refractivity (Wildman–Crippen MR) is 139 cm³/mol. The van der Waals surface area contributed by atoms with Crippen molar-refractivity contribution in [1.29, 1.82) is 0 Å². The van der Waals surface area contributed by atoms with Gasteiger partial charge in [0.1, 0.15) is 12.4 Å². The third kappa shape index (κ3) is 6.75. The Hall–Kier alpha value is -2.60. The summed E-state index contributed by atoms with van der Waals surface area (Å²) in [6.07, 6.45) is 8.40. The van der Waals surface area contributed by atoms with Crippen LogP contribution in [0.3, 0.4) is 0 Å². The number of rotatable bonds is 4. The van der Waals surface area contributed by atoms with Crippen LogP contribution in [0.25, 0.3) is 0 Å². The summed E-state index contributed by atoms with van der Waals surface area (Å²) in [5, 5.41) is 0. The number of fused-ring (bicyclic) bond motifs is 1.